The third-order valence-corrected chi connectivity index (χ3v) is 6.57. The average molecular weight is 359 g/mol. The molecule has 1 aliphatic rings. The highest BCUT2D eigenvalue weighted by atomic mass is 32.2. The van der Waals surface area contributed by atoms with Gasteiger partial charge in [0, 0.05) is 31.7 Å². The van der Waals surface area contributed by atoms with Crippen LogP contribution in [0.4, 0.5) is 0 Å². The summed E-state index contributed by atoms with van der Waals surface area (Å²) < 4.78 is 24.7. The molecular formula is C20H26N2O2S. The molecule has 0 radical (unpaired) electrons. The van der Waals surface area contributed by atoms with E-state index in [-0.39, 0.29) is 5.75 Å². The maximum absolute atomic E-state index is 12.3. The molecule has 1 aliphatic heterocycles. The van der Waals surface area contributed by atoms with Crippen molar-refractivity contribution in [1.82, 2.24) is 10.2 Å². The van der Waals surface area contributed by atoms with Gasteiger partial charge in [0.2, 0.25) is 0 Å². The predicted molar refractivity (Wildman–Crippen MR) is 101 cm³/mol. The molecule has 5 heteroatoms. The fraction of sp³-hybridized carbons (Fsp3) is 0.400. The van der Waals surface area contributed by atoms with Crippen LogP contribution in [0.3, 0.4) is 0 Å². The largest absolute Gasteiger partial charge is 0.312 e. The van der Waals surface area contributed by atoms with Gasteiger partial charge in [0.1, 0.15) is 0 Å². The van der Waals surface area contributed by atoms with Crippen LogP contribution < -0.4 is 5.32 Å². The maximum atomic E-state index is 12.3. The highest BCUT2D eigenvalue weighted by molar-refractivity contribution is 7.91. The Morgan fingerprint density at radius 3 is 2.36 bits per heavy atom. The minimum absolute atomic E-state index is 0.139. The Bertz CT molecular complexity index is 763. The van der Waals surface area contributed by atoms with Gasteiger partial charge in [0.15, 0.2) is 9.84 Å². The SMILES string of the molecule is C[C@@H]1C[C@@H](NCCS(=O)(=O)c2ccccc2)CN1Cc1ccccc1. The zero-order valence-corrected chi connectivity index (χ0v) is 15.5. The van der Waals surface area contributed by atoms with E-state index in [0.717, 1.165) is 19.5 Å². The van der Waals surface area contributed by atoms with Crippen LogP contribution in [0.1, 0.15) is 18.9 Å². The lowest BCUT2D eigenvalue weighted by molar-refractivity contribution is 0.257. The van der Waals surface area contributed by atoms with Gasteiger partial charge in [-0.05, 0) is 31.0 Å². The Balaban J connectivity index is 1.48. The summed E-state index contributed by atoms with van der Waals surface area (Å²) in [5.74, 6) is 0.139. The van der Waals surface area contributed by atoms with Gasteiger partial charge < -0.3 is 5.32 Å². The minimum Gasteiger partial charge on any atom is -0.312 e. The Morgan fingerprint density at radius 1 is 1.04 bits per heavy atom. The highest BCUT2D eigenvalue weighted by Crippen LogP contribution is 2.20. The smallest absolute Gasteiger partial charge is 0.179 e. The van der Waals surface area contributed by atoms with Crippen molar-refractivity contribution in [3.8, 4) is 0 Å². The standard InChI is InChI=1S/C20H26N2O2S/c1-17-14-19(16-22(17)15-18-8-4-2-5-9-18)21-12-13-25(23,24)20-10-6-3-7-11-20/h2-11,17,19,21H,12-16H2,1H3/t17-,19-/m1/s1. The molecule has 25 heavy (non-hydrogen) atoms. The van der Waals surface area contributed by atoms with Gasteiger partial charge in [0.25, 0.3) is 0 Å². The summed E-state index contributed by atoms with van der Waals surface area (Å²) in [4.78, 5) is 2.86. The molecule has 1 fully saturated rings. The highest BCUT2D eigenvalue weighted by Gasteiger charge is 2.28. The summed E-state index contributed by atoms with van der Waals surface area (Å²) in [6.45, 7) is 4.64. The normalized spacial score (nSPS) is 21.5. The first-order valence-electron chi connectivity index (χ1n) is 8.84. The Kier molecular flexibility index (Phi) is 5.89. The number of hydrogen-bond donors (Lipinski definition) is 1. The average Bonchev–Trinajstić information content (AvgIpc) is 2.96. The lowest BCUT2D eigenvalue weighted by Crippen LogP contribution is -2.35. The first-order chi connectivity index (χ1) is 12.0. The van der Waals surface area contributed by atoms with E-state index in [1.165, 1.54) is 5.56 Å². The molecule has 0 amide bonds. The number of nitrogens with zero attached hydrogens (tertiary/aromatic N) is 1. The summed E-state index contributed by atoms with van der Waals surface area (Å²) in [5.41, 5.74) is 1.32. The van der Waals surface area contributed by atoms with Gasteiger partial charge in [-0.3, -0.25) is 4.90 Å². The van der Waals surface area contributed by atoms with Gasteiger partial charge in [-0.15, -0.1) is 0 Å². The van der Waals surface area contributed by atoms with Gasteiger partial charge in [0.05, 0.1) is 10.6 Å². The van der Waals surface area contributed by atoms with E-state index in [9.17, 15) is 8.42 Å². The number of nitrogens with one attached hydrogen (secondary N) is 1. The number of hydrogen-bond acceptors (Lipinski definition) is 4. The van der Waals surface area contributed by atoms with Crippen molar-refractivity contribution >= 4 is 9.84 Å². The molecule has 1 heterocycles. The van der Waals surface area contributed by atoms with Crippen LogP contribution in [0, 0.1) is 0 Å². The molecule has 2 atom stereocenters. The fourth-order valence-electron chi connectivity index (χ4n) is 3.43. The second kappa shape index (κ2) is 8.13. The van der Waals surface area contributed by atoms with Crippen LogP contribution in [-0.4, -0.2) is 44.2 Å². The van der Waals surface area contributed by atoms with Crippen molar-refractivity contribution in [2.75, 3.05) is 18.8 Å². The van der Waals surface area contributed by atoms with Crippen molar-refractivity contribution in [3.63, 3.8) is 0 Å². The van der Waals surface area contributed by atoms with Crippen molar-refractivity contribution in [2.24, 2.45) is 0 Å². The third kappa shape index (κ3) is 4.91. The molecule has 0 aromatic heterocycles. The Labute approximate surface area is 150 Å². The molecule has 1 saturated heterocycles. The summed E-state index contributed by atoms with van der Waals surface area (Å²) in [7, 11) is -3.20. The third-order valence-electron chi connectivity index (χ3n) is 4.84. The maximum Gasteiger partial charge on any atom is 0.179 e. The second-order valence-corrected chi connectivity index (χ2v) is 8.89. The molecule has 4 nitrogen and oxygen atoms in total. The van der Waals surface area contributed by atoms with Crippen LogP contribution in [0.25, 0.3) is 0 Å². The summed E-state index contributed by atoms with van der Waals surface area (Å²) in [5, 5.41) is 3.43. The Hall–Kier alpha value is -1.69. The lowest BCUT2D eigenvalue weighted by Gasteiger charge is -2.21. The van der Waals surface area contributed by atoms with E-state index in [4.69, 9.17) is 0 Å². The minimum atomic E-state index is -3.20. The van der Waals surface area contributed by atoms with Gasteiger partial charge in [-0.2, -0.15) is 0 Å². The topological polar surface area (TPSA) is 49.4 Å². The molecule has 0 spiro atoms. The van der Waals surface area contributed by atoms with Crippen molar-refractivity contribution in [3.05, 3.63) is 66.2 Å². The lowest BCUT2D eigenvalue weighted by atomic mass is 10.2. The number of sulfone groups is 1. The molecule has 0 aliphatic carbocycles. The van der Waals surface area contributed by atoms with E-state index < -0.39 is 9.84 Å². The van der Waals surface area contributed by atoms with E-state index in [2.05, 4.69) is 41.4 Å². The quantitative estimate of drug-likeness (QED) is 0.827. The summed E-state index contributed by atoms with van der Waals surface area (Å²) in [6, 6.07) is 20.0. The van der Waals surface area contributed by atoms with Crippen LogP contribution in [-0.2, 0) is 16.4 Å². The predicted octanol–water partition coefficient (Wildman–Crippen LogP) is 2.71. The zero-order chi connectivity index (χ0) is 17.7. The van der Waals surface area contributed by atoms with Crippen LogP contribution in [0.15, 0.2) is 65.6 Å². The van der Waals surface area contributed by atoms with E-state index in [0.29, 0.717) is 23.5 Å². The molecular weight excluding hydrogens is 332 g/mol. The molecule has 1 N–H and O–H groups in total. The molecule has 0 unspecified atom stereocenters. The van der Waals surface area contributed by atoms with Crippen molar-refractivity contribution in [1.29, 1.82) is 0 Å². The fourth-order valence-corrected chi connectivity index (χ4v) is 4.62. The molecule has 2 aromatic rings. The van der Waals surface area contributed by atoms with Crippen LogP contribution in [0.2, 0.25) is 0 Å². The first-order valence-corrected chi connectivity index (χ1v) is 10.5. The molecule has 2 aromatic carbocycles. The summed E-state index contributed by atoms with van der Waals surface area (Å²) in [6.07, 6.45) is 1.05. The van der Waals surface area contributed by atoms with Crippen molar-refractivity contribution < 1.29 is 8.42 Å². The van der Waals surface area contributed by atoms with E-state index in [1.54, 1.807) is 24.3 Å². The number of benzene rings is 2. The Morgan fingerprint density at radius 2 is 1.68 bits per heavy atom. The number of rotatable bonds is 7. The van der Waals surface area contributed by atoms with Crippen LogP contribution in [0.5, 0.6) is 0 Å². The van der Waals surface area contributed by atoms with Gasteiger partial charge >= 0.3 is 0 Å². The van der Waals surface area contributed by atoms with E-state index in [1.807, 2.05) is 12.1 Å². The van der Waals surface area contributed by atoms with Gasteiger partial charge in [-0.1, -0.05) is 48.5 Å². The second-order valence-electron chi connectivity index (χ2n) is 6.78. The van der Waals surface area contributed by atoms with E-state index >= 15 is 0 Å². The van der Waals surface area contributed by atoms with Crippen LogP contribution >= 0.6 is 0 Å². The number of likely N-dealkylation sites (tertiary alicyclic amines) is 1. The van der Waals surface area contributed by atoms with Crippen molar-refractivity contribution in [2.45, 2.75) is 36.9 Å². The zero-order valence-electron chi connectivity index (χ0n) is 14.6. The first kappa shape index (κ1) is 18.1. The summed E-state index contributed by atoms with van der Waals surface area (Å²) >= 11 is 0. The molecule has 134 valence electrons. The molecule has 0 bridgehead atoms. The molecule has 0 saturated carbocycles. The van der Waals surface area contributed by atoms with Gasteiger partial charge in [-0.25, -0.2) is 8.42 Å². The monoisotopic (exact) mass is 358 g/mol. The molecule has 3 rings (SSSR count).